The van der Waals surface area contributed by atoms with Gasteiger partial charge in [-0.05, 0) is 68.1 Å². The fourth-order valence-corrected chi connectivity index (χ4v) is 5.67. The van der Waals surface area contributed by atoms with Gasteiger partial charge in [-0.2, -0.15) is 0 Å². The van der Waals surface area contributed by atoms with Crippen molar-refractivity contribution in [1.82, 2.24) is 0 Å². The molecule has 0 amide bonds. The molecule has 7 unspecified atom stereocenters. The number of hydrogen-bond acceptors (Lipinski definition) is 3. The van der Waals surface area contributed by atoms with E-state index < -0.39 is 5.97 Å². The number of esters is 1. The first-order valence-electron chi connectivity index (χ1n) is 8.46. The third-order valence-electron chi connectivity index (χ3n) is 6.28. The maximum Gasteiger partial charge on any atom is 0.333 e. The normalized spacial score (nSPS) is 42.2. The van der Waals surface area contributed by atoms with Crippen molar-refractivity contribution in [2.45, 2.75) is 52.1 Å². The van der Waals surface area contributed by atoms with Crippen LogP contribution in [0.2, 0.25) is 0 Å². The van der Waals surface area contributed by atoms with Gasteiger partial charge in [-0.3, -0.25) is 4.79 Å². The van der Waals surface area contributed by atoms with Gasteiger partial charge in [0.2, 0.25) is 0 Å². The Labute approximate surface area is 131 Å². The zero-order valence-corrected chi connectivity index (χ0v) is 13.5. The van der Waals surface area contributed by atoms with E-state index in [1.165, 1.54) is 0 Å². The van der Waals surface area contributed by atoms with Crippen LogP contribution in [0.1, 0.15) is 46.0 Å². The quantitative estimate of drug-likeness (QED) is 0.625. The van der Waals surface area contributed by atoms with Gasteiger partial charge >= 0.3 is 11.9 Å². The molecule has 3 aliphatic rings. The highest BCUT2D eigenvalue weighted by Crippen LogP contribution is 2.63. The number of carbonyl (C=O) groups excluding carboxylic acids is 1. The number of carbonyl (C=O) groups is 2. The first-order valence-corrected chi connectivity index (χ1v) is 8.46. The molecule has 3 aliphatic carbocycles. The predicted octanol–water partition coefficient (Wildman–Crippen LogP) is 3.27. The number of carboxylic acids is 1. The summed E-state index contributed by atoms with van der Waals surface area (Å²) in [6.45, 7) is 7.64. The summed E-state index contributed by atoms with van der Waals surface area (Å²) < 4.78 is 5.66. The van der Waals surface area contributed by atoms with Crippen molar-refractivity contribution in [3.63, 3.8) is 0 Å². The largest absolute Gasteiger partial charge is 0.481 e. The maximum absolute atomic E-state index is 11.8. The lowest BCUT2D eigenvalue weighted by Gasteiger charge is -2.35. The summed E-state index contributed by atoms with van der Waals surface area (Å²) in [5.41, 5.74) is 0.470. The average molecular weight is 306 g/mol. The second-order valence-corrected chi connectivity index (χ2v) is 7.68. The van der Waals surface area contributed by atoms with E-state index in [1.807, 2.05) is 0 Å². The van der Waals surface area contributed by atoms with Crippen molar-refractivity contribution in [2.24, 2.45) is 35.5 Å². The molecule has 0 aromatic rings. The van der Waals surface area contributed by atoms with Gasteiger partial charge in [-0.25, -0.2) is 4.79 Å². The van der Waals surface area contributed by atoms with Crippen LogP contribution in [0.5, 0.6) is 0 Å². The molecule has 3 saturated carbocycles. The number of rotatable bonds is 5. The summed E-state index contributed by atoms with van der Waals surface area (Å²) in [5, 5.41) is 8.94. The fourth-order valence-electron chi connectivity index (χ4n) is 5.67. The summed E-state index contributed by atoms with van der Waals surface area (Å²) in [6.07, 6.45) is 4.39. The molecule has 0 saturated heterocycles. The molecule has 4 nitrogen and oxygen atoms in total. The molecular weight excluding hydrogens is 280 g/mol. The topological polar surface area (TPSA) is 63.6 Å². The molecule has 0 heterocycles. The first-order chi connectivity index (χ1) is 10.4. The minimum absolute atomic E-state index is 0.0520. The van der Waals surface area contributed by atoms with Crippen molar-refractivity contribution in [2.75, 3.05) is 0 Å². The van der Waals surface area contributed by atoms with E-state index in [4.69, 9.17) is 9.84 Å². The van der Waals surface area contributed by atoms with E-state index in [1.54, 1.807) is 6.92 Å². The Balaban J connectivity index is 1.67. The number of aliphatic carboxylic acids is 1. The van der Waals surface area contributed by atoms with Gasteiger partial charge in [0.1, 0.15) is 6.10 Å². The molecule has 0 aliphatic heterocycles. The number of fused-ring (bicyclic) bond motifs is 5. The van der Waals surface area contributed by atoms with Crippen LogP contribution in [0, 0.1) is 35.5 Å². The third kappa shape index (κ3) is 2.57. The molecule has 2 bridgehead atoms. The van der Waals surface area contributed by atoms with Crippen LogP contribution in [0.25, 0.3) is 0 Å². The van der Waals surface area contributed by atoms with E-state index in [9.17, 15) is 9.59 Å². The highest BCUT2D eigenvalue weighted by Gasteiger charge is 2.60. The van der Waals surface area contributed by atoms with Crippen molar-refractivity contribution < 1.29 is 19.4 Å². The number of hydrogen-bond donors (Lipinski definition) is 1. The van der Waals surface area contributed by atoms with E-state index in [0.29, 0.717) is 41.1 Å². The molecule has 0 radical (unpaired) electrons. The number of ether oxygens (including phenoxy) is 1. The van der Waals surface area contributed by atoms with E-state index in [0.717, 1.165) is 25.7 Å². The predicted molar refractivity (Wildman–Crippen MR) is 82.0 cm³/mol. The van der Waals surface area contributed by atoms with E-state index >= 15 is 0 Å². The lowest BCUT2D eigenvalue weighted by molar-refractivity contribution is -0.149. The number of carboxylic acid groups (broad SMARTS) is 1. The van der Waals surface area contributed by atoms with Crippen LogP contribution in [0.4, 0.5) is 0 Å². The Morgan fingerprint density at radius 3 is 2.59 bits per heavy atom. The van der Waals surface area contributed by atoms with Crippen LogP contribution in [0.3, 0.4) is 0 Å². The Kier molecular flexibility index (Phi) is 4.04. The lowest BCUT2D eigenvalue weighted by Crippen LogP contribution is -2.35. The monoisotopic (exact) mass is 306 g/mol. The van der Waals surface area contributed by atoms with Gasteiger partial charge in [0, 0.05) is 12.0 Å². The molecule has 0 spiro atoms. The van der Waals surface area contributed by atoms with E-state index in [-0.39, 0.29) is 18.5 Å². The molecule has 22 heavy (non-hydrogen) atoms. The maximum atomic E-state index is 11.8. The Morgan fingerprint density at radius 1 is 1.23 bits per heavy atom. The smallest absolute Gasteiger partial charge is 0.333 e. The summed E-state index contributed by atoms with van der Waals surface area (Å²) in [6, 6.07) is 0. The second kappa shape index (κ2) is 5.71. The van der Waals surface area contributed by atoms with Gasteiger partial charge in [-0.1, -0.05) is 13.5 Å². The minimum Gasteiger partial charge on any atom is -0.481 e. The zero-order chi connectivity index (χ0) is 16.0. The van der Waals surface area contributed by atoms with E-state index in [2.05, 4.69) is 13.5 Å². The molecule has 0 aromatic carbocycles. The van der Waals surface area contributed by atoms with Crippen molar-refractivity contribution >= 4 is 11.9 Å². The van der Waals surface area contributed by atoms with Gasteiger partial charge in [0.05, 0.1) is 0 Å². The summed E-state index contributed by atoms with van der Waals surface area (Å²) in [7, 11) is 0. The summed E-state index contributed by atoms with van der Waals surface area (Å²) >= 11 is 0. The molecule has 122 valence electrons. The highest BCUT2D eigenvalue weighted by atomic mass is 16.5. The summed E-state index contributed by atoms with van der Waals surface area (Å²) in [4.78, 5) is 22.7. The standard InChI is InChI=1S/C18H26O4/c1-9(2)18(21)22-14-8-12-7-13(14)16-10(3)6-11(17(12)16)4-5-15(19)20/h10-14,16-17H,1,4-8H2,2-3H3,(H,19,20). The fraction of sp³-hybridized carbons (Fsp3) is 0.778. The van der Waals surface area contributed by atoms with Crippen LogP contribution < -0.4 is 0 Å². The second-order valence-electron chi connectivity index (χ2n) is 7.68. The molecule has 7 atom stereocenters. The first kappa shape index (κ1) is 15.6. The van der Waals surface area contributed by atoms with Gasteiger partial charge in [-0.15, -0.1) is 0 Å². The minimum atomic E-state index is -0.687. The van der Waals surface area contributed by atoms with Gasteiger partial charge in [0.25, 0.3) is 0 Å². The van der Waals surface area contributed by atoms with Gasteiger partial charge < -0.3 is 9.84 Å². The summed E-state index contributed by atoms with van der Waals surface area (Å²) in [5.74, 6) is 2.56. The van der Waals surface area contributed by atoms with Crippen LogP contribution in [-0.2, 0) is 14.3 Å². The van der Waals surface area contributed by atoms with Gasteiger partial charge in [0.15, 0.2) is 0 Å². The van der Waals surface area contributed by atoms with Crippen molar-refractivity contribution in [3.05, 3.63) is 12.2 Å². The molecule has 3 fully saturated rings. The van der Waals surface area contributed by atoms with Crippen molar-refractivity contribution in [1.29, 1.82) is 0 Å². The Hall–Kier alpha value is -1.32. The molecular formula is C18H26O4. The third-order valence-corrected chi connectivity index (χ3v) is 6.28. The molecule has 4 heteroatoms. The lowest BCUT2D eigenvalue weighted by atomic mass is 9.74. The van der Waals surface area contributed by atoms with Crippen molar-refractivity contribution in [3.8, 4) is 0 Å². The molecule has 3 rings (SSSR count). The van der Waals surface area contributed by atoms with Crippen LogP contribution in [0.15, 0.2) is 12.2 Å². The highest BCUT2D eigenvalue weighted by molar-refractivity contribution is 5.87. The average Bonchev–Trinajstić information content (AvgIpc) is 3.08. The molecule has 1 N–H and O–H groups in total. The Morgan fingerprint density at radius 2 is 1.95 bits per heavy atom. The van der Waals surface area contributed by atoms with Crippen LogP contribution in [-0.4, -0.2) is 23.1 Å². The molecule has 0 aromatic heterocycles. The Bertz CT molecular complexity index is 497. The SMILES string of the molecule is C=C(C)C(=O)OC1CC2CC1C1C(C)CC(CCC(=O)O)C21. The van der Waals surface area contributed by atoms with Crippen LogP contribution >= 0.6 is 0 Å². The zero-order valence-electron chi connectivity index (χ0n) is 13.5.